The Morgan fingerprint density at radius 1 is 1.10 bits per heavy atom. The van der Waals surface area contributed by atoms with Crippen LogP contribution in [0, 0.1) is 0 Å². The number of hydrogen-bond acceptors (Lipinski definition) is 6. The van der Waals surface area contributed by atoms with Gasteiger partial charge in [0.25, 0.3) is 0 Å². The van der Waals surface area contributed by atoms with Gasteiger partial charge in [0.2, 0.25) is 11.1 Å². The lowest BCUT2D eigenvalue weighted by atomic mass is 10.2. The Morgan fingerprint density at radius 3 is 2.55 bits per heavy atom. The smallest absolute Gasteiger partial charge is 0.240 e. The molecule has 152 valence electrons. The van der Waals surface area contributed by atoms with Crippen LogP contribution >= 0.6 is 35.0 Å². The van der Waals surface area contributed by atoms with E-state index in [-0.39, 0.29) is 0 Å². The quantitative estimate of drug-likeness (QED) is 0.249. The molecule has 0 spiro atoms. The van der Waals surface area contributed by atoms with Crippen LogP contribution in [0.25, 0.3) is 0 Å². The van der Waals surface area contributed by atoms with Gasteiger partial charge in [-0.1, -0.05) is 53.2 Å². The maximum Gasteiger partial charge on any atom is 0.240 e. The van der Waals surface area contributed by atoms with Crippen LogP contribution in [0.2, 0.25) is 10.0 Å². The molecule has 3 rings (SSSR count). The summed E-state index contributed by atoms with van der Waals surface area (Å²) in [6.07, 6.45) is 1.75. The highest BCUT2D eigenvalue weighted by atomic mass is 35.5. The minimum atomic E-state index is 0.484. The molecule has 0 aliphatic rings. The van der Waals surface area contributed by atoms with Crippen LogP contribution in [0.15, 0.2) is 52.7 Å². The van der Waals surface area contributed by atoms with Crippen molar-refractivity contribution in [2.45, 2.75) is 24.8 Å². The Hall–Kier alpha value is -2.22. The maximum atomic E-state index is 6.04. The number of thioether (sulfide) groups is 1. The molecule has 0 radical (unpaired) electrons. The van der Waals surface area contributed by atoms with Crippen LogP contribution in [0.4, 0.5) is 11.6 Å². The van der Waals surface area contributed by atoms with Gasteiger partial charge in [-0.2, -0.15) is 10.1 Å². The fourth-order valence-corrected chi connectivity index (χ4v) is 3.73. The third kappa shape index (κ3) is 6.13. The number of nitrogens with one attached hydrogen (secondary N) is 2. The number of nitrogens with zero attached hydrogens (tertiary/aromatic N) is 4. The second-order valence-corrected chi connectivity index (χ2v) is 7.89. The Kier molecular flexibility index (Phi) is 7.80. The van der Waals surface area contributed by atoms with Crippen molar-refractivity contribution in [3.63, 3.8) is 0 Å². The lowest BCUT2D eigenvalue weighted by Crippen LogP contribution is -2.21. The molecular weight excluding hydrogens is 427 g/mol. The first-order valence-electron chi connectivity index (χ1n) is 9.22. The topological polar surface area (TPSA) is 69.2 Å². The lowest BCUT2D eigenvalue weighted by Gasteiger charge is -2.20. The van der Waals surface area contributed by atoms with E-state index < -0.39 is 0 Å². The van der Waals surface area contributed by atoms with E-state index >= 15 is 0 Å². The summed E-state index contributed by atoms with van der Waals surface area (Å²) in [5.41, 5.74) is 6.13. The summed E-state index contributed by atoms with van der Waals surface area (Å²) >= 11 is 13.5. The number of anilines is 2. The molecule has 0 amide bonds. The average Bonchev–Trinajstić information content (AvgIpc) is 3.19. The van der Waals surface area contributed by atoms with E-state index in [1.807, 2.05) is 24.3 Å². The molecule has 0 aliphatic carbocycles. The van der Waals surface area contributed by atoms with E-state index in [0.29, 0.717) is 26.9 Å². The number of H-pyrrole nitrogens is 1. The van der Waals surface area contributed by atoms with Crippen LogP contribution in [0.1, 0.15) is 25.0 Å². The normalized spacial score (nSPS) is 11.2. The number of halogens is 2. The fraction of sp³-hybridized carbons (Fsp3) is 0.250. The van der Waals surface area contributed by atoms with E-state index in [1.54, 1.807) is 12.3 Å². The molecular formula is C20H22Cl2N6S. The van der Waals surface area contributed by atoms with Crippen LogP contribution in [0.3, 0.4) is 0 Å². The molecule has 9 heteroatoms. The predicted molar refractivity (Wildman–Crippen MR) is 124 cm³/mol. The Balaban J connectivity index is 1.51. The number of hydrogen-bond donors (Lipinski definition) is 2. The monoisotopic (exact) mass is 448 g/mol. The van der Waals surface area contributed by atoms with Gasteiger partial charge in [-0.3, -0.25) is 0 Å². The zero-order valence-electron chi connectivity index (χ0n) is 16.2. The molecule has 2 aromatic carbocycles. The van der Waals surface area contributed by atoms with E-state index in [9.17, 15) is 0 Å². The van der Waals surface area contributed by atoms with Crippen LogP contribution in [-0.2, 0) is 5.75 Å². The molecule has 3 aromatic rings. The van der Waals surface area contributed by atoms with E-state index in [4.69, 9.17) is 23.2 Å². The van der Waals surface area contributed by atoms with Gasteiger partial charge in [0, 0.05) is 24.5 Å². The highest BCUT2D eigenvalue weighted by Gasteiger charge is 2.05. The van der Waals surface area contributed by atoms with Gasteiger partial charge in [-0.15, -0.1) is 5.10 Å². The zero-order valence-corrected chi connectivity index (χ0v) is 18.5. The third-order valence-corrected chi connectivity index (χ3v) is 5.88. The summed E-state index contributed by atoms with van der Waals surface area (Å²) in [5.74, 6) is 1.17. The van der Waals surface area contributed by atoms with Crippen molar-refractivity contribution >= 4 is 52.8 Å². The molecule has 0 saturated carbocycles. The van der Waals surface area contributed by atoms with Crippen molar-refractivity contribution in [1.29, 1.82) is 0 Å². The molecule has 1 heterocycles. The van der Waals surface area contributed by atoms with E-state index in [2.05, 4.69) is 56.6 Å². The second kappa shape index (κ2) is 10.5. The van der Waals surface area contributed by atoms with Crippen molar-refractivity contribution in [3.8, 4) is 0 Å². The molecule has 6 nitrogen and oxygen atoms in total. The van der Waals surface area contributed by atoms with Crippen LogP contribution < -0.4 is 10.3 Å². The molecule has 0 bridgehead atoms. The molecule has 0 atom stereocenters. The van der Waals surface area contributed by atoms with Gasteiger partial charge >= 0.3 is 0 Å². The standard InChI is InChI=1S/C20H22Cl2N6S/c1-3-28(4-2)16-8-5-14(6-9-16)12-23-25-19-24-20(27-26-19)29-13-15-7-10-17(21)18(22)11-15/h5-12H,3-4,13H2,1-2H3,(H2,24,25,26,27)/b23-12-. The highest BCUT2D eigenvalue weighted by Crippen LogP contribution is 2.26. The van der Waals surface area contributed by atoms with Crippen molar-refractivity contribution in [2.75, 3.05) is 23.4 Å². The summed E-state index contributed by atoms with van der Waals surface area (Å²) in [5, 5.41) is 12.9. The van der Waals surface area contributed by atoms with Crippen LogP contribution in [0.5, 0.6) is 0 Å². The number of hydrazone groups is 1. The first-order chi connectivity index (χ1) is 14.1. The van der Waals surface area contributed by atoms with Crippen molar-refractivity contribution in [1.82, 2.24) is 15.2 Å². The number of aromatic amines is 1. The summed E-state index contributed by atoms with van der Waals surface area (Å²) in [7, 11) is 0. The summed E-state index contributed by atoms with van der Waals surface area (Å²) in [6.45, 7) is 6.28. The highest BCUT2D eigenvalue weighted by molar-refractivity contribution is 7.98. The third-order valence-electron chi connectivity index (χ3n) is 4.22. The number of aromatic nitrogens is 3. The van der Waals surface area contributed by atoms with Gasteiger partial charge in [-0.25, -0.2) is 10.5 Å². The lowest BCUT2D eigenvalue weighted by molar-refractivity contribution is 0.866. The molecule has 0 unspecified atom stereocenters. The van der Waals surface area contributed by atoms with Crippen molar-refractivity contribution in [2.24, 2.45) is 5.10 Å². The van der Waals surface area contributed by atoms with Gasteiger partial charge in [0.15, 0.2) is 0 Å². The van der Waals surface area contributed by atoms with Crippen molar-refractivity contribution < 1.29 is 0 Å². The average molecular weight is 449 g/mol. The molecule has 2 N–H and O–H groups in total. The molecule has 0 aliphatic heterocycles. The molecule has 0 fully saturated rings. The Morgan fingerprint density at radius 2 is 1.86 bits per heavy atom. The summed E-state index contributed by atoms with van der Waals surface area (Å²) in [4.78, 5) is 6.66. The molecule has 29 heavy (non-hydrogen) atoms. The SMILES string of the molecule is CCN(CC)c1ccc(/C=N\Nc2nc(SCc3ccc(Cl)c(Cl)c3)n[nH]2)cc1. The van der Waals surface area contributed by atoms with Gasteiger partial charge in [0.05, 0.1) is 16.3 Å². The maximum absolute atomic E-state index is 6.04. The summed E-state index contributed by atoms with van der Waals surface area (Å²) < 4.78 is 0. The van der Waals surface area contributed by atoms with Gasteiger partial charge in [0.1, 0.15) is 0 Å². The van der Waals surface area contributed by atoms with E-state index in [0.717, 1.165) is 24.2 Å². The number of rotatable bonds is 9. The summed E-state index contributed by atoms with van der Waals surface area (Å²) in [6, 6.07) is 13.8. The molecule has 0 saturated heterocycles. The predicted octanol–water partition coefficient (Wildman–Crippen LogP) is 5.70. The Bertz CT molecular complexity index is 954. The van der Waals surface area contributed by atoms with E-state index in [1.165, 1.54) is 17.4 Å². The first-order valence-corrected chi connectivity index (χ1v) is 11.0. The van der Waals surface area contributed by atoms with Crippen LogP contribution in [-0.4, -0.2) is 34.5 Å². The fourth-order valence-electron chi connectivity index (χ4n) is 2.67. The van der Waals surface area contributed by atoms with Crippen molar-refractivity contribution in [3.05, 3.63) is 63.6 Å². The minimum absolute atomic E-state index is 0.484. The second-order valence-electron chi connectivity index (χ2n) is 6.14. The van der Waals surface area contributed by atoms with Gasteiger partial charge in [-0.05, 0) is 49.2 Å². The zero-order chi connectivity index (χ0) is 20.6. The minimum Gasteiger partial charge on any atom is -0.372 e. The molecule has 1 aromatic heterocycles. The Labute approximate surface area is 184 Å². The van der Waals surface area contributed by atoms with Gasteiger partial charge < -0.3 is 4.90 Å². The number of benzene rings is 2. The largest absolute Gasteiger partial charge is 0.372 e. The first kappa shape index (κ1) is 21.5.